The highest BCUT2D eigenvalue weighted by molar-refractivity contribution is 5.98. The number of piperidine rings is 1. The van der Waals surface area contributed by atoms with Crippen LogP contribution < -0.4 is 10.3 Å². The van der Waals surface area contributed by atoms with E-state index in [2.05, 4.69) is 10.1 Å². The van der Waals surface area contributed by atoms with Gasteiger partial charge in [0.15, 0.2) is 0 Å². The monoisotopic (exact) mass is 421 g/mol. The van der Waals surface area contributed by atoms with Crippen molar-refractivity contribution in [1.82, 2.24) is 24.2 Å². The number of fused-ring (bicyclic) bond motifs is 1. The lowest BCUT2D eigenvalue weighted by atomic mass is 9.96. The quantitative estimate of drug-likeness (QED) is 0.632. The lowest BCUT2D eigenvalue weighted by molar-refractivity contribution is 0.0682. The number of amides is 1. The predicted octanol–water partition coefficient (Wildman–Crippen LogP) is 2.57. The molecule has 31 heavy (non-hydrogen) atoms. The number of aromatic nitrogens is 4. The first-order chi connectivity index (χ1) is 15.0. The summed E-state index contributed by atoms with van der Waals surface area (Å²) in [4.78, 5) is 31.8. The first-order valence-electron chi connectivity index (χ1n) is 10.9. The molecule has 1 aliphatic carbocycles. The molecule has 8 heteroatoms. The summed E-state index contributed by atoms with van der Waals surface area (Å²) in [6, 6.07) is 7.26. The van der Waals surface area contributed by atoms with Crippen molar-refractivity contribution in [3.63, 3.8) is 0 Å². The van der Waals surface area contributed by atoms with Crippen molar-refractivity contribution in [3.8, 4) is 5.88 Å². The Kier molecular flexibility index (Phi) is 5.00. The van der Waals surface area contributed by atoms with Crippen molar-refractivity contribution in [1.29, 1.82) is 0 Å². The summed E-state index contributed by atoms with van der Waals surface area (Å²) in [5.41, 5.74) is 2.36. The van der Waals surface area contributed by atoms with E-state index in [1.165, 1.54) is 0 Å². The summed E-state index contributed by atoms with van der Waals surface area (Å²) in [5, 5.41) is 5.34. The van der Waals surface area contributed by atoms with Crippen LogP contribution in [0.15, 0.2) is 35.4 Å². The molecule has 1 saturated carbocycles. The third-order valence-electron chi connectivity index (χ3n) is 6.47. The fraction of sp³-hybridized carbons (Fsp3) is 0.478. The van der Waals surface area contributed by atoms with E-state index < -0.39 is 0 Å². The van der Waals surface area contributed by atoms with Crippen molar-refractivity contribution in [2.45, 2.75) is 38.1 Å². The Labute approximate surface area is 180 Å². The van der Waals surface area contributed by atoms with Gasteiger partial charge in [-0.15, -0.1) is 0 Å². The Balaban J connectivity index is 1.22. The van der Waals surface area contributed by atoms with Gasteiger partial charge in [-0.25, -0.2) is 9.67 Å². The molecule has 0 spiro atoms. The number of hydrogen-bond donors (Lipinski definition) is 0. The first kappa shape index (κ1) is 19.8. The molecule has 2 fully saturated rings. The third-order valence-corrected chi connectivity index (χ3v) is 6.47. The maximum atomic E-state index is 13.0. The molecule has 0 bridgehead atoms. The van der Waals surface area contributed by atoms with Gasteiger partial charge in [0.1, 0.15) is 0 Å². The van der Waals surface area contributed by atoms with Gasteiger partial charge in [-0.2, -0.15) is 5.10 Å². The molecular weight excluding hydrogens is 394 g/mol. The van der Waals surface area contributed by atoms with Gasteiger partial charge in [-0.1, -0.05) is 0 Å². The van der Waals surface area contributed by atoms with Gasteiger partial charge in [0.25, 0.3) is 11.5 Å². The zero-order valence-electron chi connectivity index (χ0n) is 18.0. The van der Waals surface area contributed by atoms with E-state index in [1.54, 1.807) is 28.8 Å². The summed E-state index contributed by atoms with van der Waals surface area (Å²) in [6.07, 6.45) is 5.74. The van der Waals surface area contributed by atoms with Crippen LogP contribution in [-0.2, 0) is 13.6 Å². The predicted molar refractivity (Wildman–Crippen MR) is 116 cm³/mol. The number of benzene rings is 1. The zero-order chi connectivity index (χ0) is 21.5. The molecule has 2 aromatic heterocycles. The molecule has 3 heterocycles. The van der Waals surface area contributed by atoms with Crippen molar-refractivity contribution in [2.24, 2.45) is 13.0 Å². The Morgan fingerprint density at radius 2 is 1.94 bits per heavy atom. The van der Waals surface area contributed by atoms with Crippen LogP contribution >= 0.6 is 0 Å². The van der Waals surface area contributed by atoms with Crippen molar-refractivity contribution >= 4 is 16.8 Å². The van der Waals surface area contributed by atoms with Crippen molar-refractivity contribution in [2.75, 3.05) is 20.2 Å². The second kappa shape index (κ2) is 7.83. The second-order valence-corrected chi connectivity index (χ2v) is 8.68. The molecular formula is C23H27N5O3. The Morgan fingerprint density at radius 3 is 2.61 bits per heavy atom. The number of aryl methyl sites for hydroxylation is 1. The van der Waals surface area contributed by atoms with Crippen molar-refractivity contribution < 1.29 is 9.53 Å². The average molecular weight is 422 g/mol. The highest BCUT2D eigenvalue weighted by atomic mass is 16.5. The molecule has 1 saturated heterocycles. The number of ether oxygens (including phenoxy) is 1. The standard InChI is InChI=1S/C23H27N5O3/c1-26-23(31-2)18-6-5-17(11-20(18)25-26)22(30)27-9-7-15(8-10-27)13-28-14-24-19(12-21(28)29)16-3-4-16/h5-6,11-12,14-16H,3-4,7-10,13H2,1-2H3. The van der Waals surface area contributed by atoms with Crippen LogP contribution in [0.5, 0.6) is 5.88 Å². The van der Waals surface area contributed by atoms with Gasteiger partial charge in [0.05, 0.1) is 30.0 Å². The van der Waals surface area contributed by atoms with E-state index >= 15 is 0 Å². The SMILES string of the molecule is COc1c2ccc(C(=O)N3CCC(Cn4cnc(C5CC5)cc4=O)CC3)cc2nn1C. The van der Waals surface area contributed by atoms with Crippen LogP contribution in [0.3, 0.4) is 0 Å². The Hall–Kier alpha value is -3.16. The molecule has 1 aliphatic heterocycles. The topological polar surface area (TPSA) is 82.2 Å². The molecule has 3 aromatic rings. The van der Waals surface area contributed by atoms with Crippen LogP contribution in [0, 0.1) is 5.92 Å². The van der Waals surface area contributed by atoms with Crippen LogP contribution in [0.4, 0.5) is 0 Å². The zero-order valence-corrected chi connectivity index (χ0v) is 18.0. The van der Waals surface area contributed by atoms with Gasteiger partial charge in [-0.3, -0.25) is 14.2 Å². The fourth-order valence-corrected chi connectivity index (χ4v) is 4.51. The van der Waals surface area contributed by atoms with Gasteiger partial charge in [0, 0.05) is 44.2 Å². The number of nitrogens with zero attached hydrogens (tertiary/aromatic N) is 5. The van der Waals surface area contributed by atoms with E-state index in [0.717, 1.165) is 42.3 Å². The molecule has 1 aromatic carbocycles. The van der Waals surface area contributed by atoms with Gasteiger partial charge in [0.2, 0.25) is 5.88 Å². The van der Waals surface area contributed by atoms with Crippen LogP contribution in [-0.4, -0.2) is 50.3 Å². The number of carbonyl (C=O) groups excluding carboxylic acids is 1. The highest BCUT2D eigenvalue weighted by Crippen LogP contribution is 2.38. The van der Waals surface area contributed by atoms with Gasteiger partial charge >= 0.3 is 0 Å². The molecule has 5 rings (SSSR count). The fourth-order valence-electron chi connectivity index (χ4n) is 4.51. The van der Waals surface area contributed by atoms with E-state index in [9.17, 15) is 9.59 Å². The van der Waals surface area contributed by atoms with Crippen molar-refractivity contribution in [3.05, 3.63) is 52.2 Å². The molecule has 2 aliphatic rings. The molecule has 0 atom stereocenters. The summed E-state index contributed by atoms with van der Waals surface area (Å²) >= 11 is 0. The number of carbonyl (C=O) groups is 1. The lowest BCUT2D eigenvalue weighted by Gasteiger charge is -2.32. The number of hydrogen-bond acceptors (Lipinski definition) is 5. The Bertz CT molecular complexity index is 1190. The first-order valence-corrected chi connectivity index (χ1v) is 10.9. The maximum Gasteiger partial charge on any atom is 0.253 e. The number of methoxy groups -OCH3 is 1. The number of likely N-dealkylation sites (tertiary alicyclic amines) is 1. The van der Waals surface area contributed by atoms with Crippen LogP contribution in [0.25, 0.3) is 10.9 Å². The minimum atomic E-state index is 0.0255. The minimum absolute atomic E-state index is 0.0255. The highest BCUT2D eigenvalue weighted by Gasteiger charge is 2.27. The maximum absolute atomic E-state index is 13.0. The van der Waals surface area contributed by atoms with E-state index in [-0.39, 0.29) is 11.5 Å². The molecule has 162 valence electrons. The molecule has 8 nitrogen and oxygen atoms in total. The summed E-state index contributed by atoms with van der Waals surface area (Å²) in [7, 11) is 3.44. The van der Waals surface area contributed by atoms with E-state index in [0.29, 0.717) is 42.9 Å². The summed E-state index contributed by atoms with van der Waals surface area (Å²) in [6.45, 7) is 2.04. The lowest BCUT2D eigenvalue weighted by Crippen LogP contribution is -2.40. The average Bonchev–Trinajstić information content (AvgIpc) is 3.57. The van der Waals surface area contributed by atoms with Crippen LogP contribution in [0.1, 0.15) is 47.7 Å². The van der Waals surface area contributed by atoms with E-state index in [4.69, 9.17) is 4.74 Å². The molecule has 1 amide bonds. The molecule has 0 unspecified atom stereocenters. The van der Waals surface area contributed by atoms with Gasteiger partial charge < -0.3 is 9.64 Å². The smallest absolute Gasteiger partial charge is 0.253 e. The van der Waals surface area contributed by atoms with Crippen LogP contribution in [0.2, 0.25) is 0 Å². The molecule has 0 N–H and O–H groups in total. The molecule has 0 radical (unpaired) electrons. The number of rotatable bonds is 5. The van der Waals surface area contributed by atoms with Gasteiger partial charge in [-0.05, 0) is 49.8 Å². The normalized spacial score (nSPS) is 17.3. The summed E-state index contributed by atoms with van der Waals surface area (Å²) in [5.74, 6) is 1.57. The summed E-state index contributed by atoms with van der Waals surface area (Å²) < 4.78 is 8.78. The minimum Gasteiger partial charge on any atom is -0.481 e. The van der Waals surface area contributed by atoms with E-state index in [1.807, 2.05) is 30.1 Å². The second-order valence-electron chi connectivity index (χ2n) is 8.68. The largest absolute Gasteiger partial charge is 0.481 e. The third kappa shape index (κ3) is 3.82. The Morgan fingerprint density at radius 1 is 1.16 bits per heavy atom.